The van der Waals surface area contributed by atoms with Gasteiger partial charge < -0.3 is 15.0 Å². The summed E-state index contributed by atoms with van der Waals surface area (Å²) in [5.74, 6) is -1.06. The van der Waals surface area contributed by atoms with Crippen LogP contribution in [0.2, 0.25) is 0 Å². The van der Waals surface area contributed by atoms with Crippen LogP contribution in [0.1, 0.15) is 0 Å². The Hall–Kier alpha value is -0.940. The van der Waals surface area contributed by atoms with Gasteiger partial charge >= 0.3 is 5.97 Å². The third kappa shape index (κ3) is 3.99. The van der Waals surface area contributed by atoms with Gasteiger partial charge in [-0.05, 0) is 0 Å². The molecular formula is C5H9NO4. The molecule has 0 amide bonds. The highest BCUT2D eigenvalue weighted by molar-refractivity contribution is 5.70. The second-order valence-corrected chi connectivity index (χ2v) is 1.70. The van der Waals surface area contributed by atoms with E-state index in [1.807, 2.05) is 0 Å². The van der Waals surface area contributed by atoms with Crippen molar-refractivity contribution in [1.29, 1.82) is 0 Å². The van der Waals surface area contributed by atoms with Crippen LogP contribution in [0, 0.1) is 0 Å². The number of carbonyl (C=O) groups is 2. The van der Waals surface area contributed by atoms with E-state index in [9.17, 15) is 9.59 Å². The Morgan fingerprint density at radius 3 is 2.60 bits per heavy atom. The Kier molecular flexibility index (Phi) is 4.43. The molecular weight excluding hydrogens is 138 g/mol. The number of aliphatic hydroxyl groups excluding tert-OH is 1. The Morgan fingerprint density at radius 2 is 2.30 bits per heavy atom. The second-order valence-electron chi connectivity index (χ2n) is 1.70. The first-order chi connectivity index (χ1) is 4.70. The summed E-state index contributed by atoms with van der Waals surface area (Å²) in [7, 11) is 0. The summed E-state index contributed by atoms with van der Waals surface area (Å²) in [6.45, 7) is -0.694. The number of aliphatic carboxylic acids is 1. The Morgan fingerprint density at radius 1 is 1.70 bits per heavy atom. The maximum absolute atomic E-state index is 9.93. The van der Waals surface area contributed by atoms with E-state index in [-0.39, 0.29) is 13.2 Å². The van der Waals surface area contributed by atoms with Crippen molar-refractivity contribution in [2.45, 2.75) is 6.04 Å². The average Bonchev–Trinajstić information content (AvgIpc) is 1.90. The van der Waals surface area contributed by atoms with Gasteiger partial charge in [-0.3, -0.25) is 10.1 Å². The fourth-order valence-electron chi connectivity index (χ4n) is 0.374. The molecule has 0 saturated carbocycles. The molecule has 0 fully saturated rings. The van der Waals surface area contributed by atoms with Crippen molar-refractivity contribution in [3.05, 3.63) is 0 Å². The molecule has 0 radical (unpaired) electrons. The zero-order valence-electron chi connectivity index (χ0n) is 5.28. The summed E-state index contributed by atoms with van der Waals surface area (Å²) < 4.78 is 0. The smallest absolute Gasteiger partial charge is 0.317 e. The molecule has 0 aromatic heterocycles. The molecule has 0 spiro atoms. The largest absolute Gasteiger partial charge is 0.480 e. The van der Waals surface area contributed by atoms with E-state index < -0.39 is 12.0 Å². The number of hydrogen-bond acceptors (Lipinski definition) is 4. The lowest BCUT2D eigenvalue weighted by atomic mass is 10.3. The Labute approximate surface area is 57.7 Å². The lowest BCUT2D eigenvalue weighted by Gasteiger charge is -2.05. The SMILES string of the molecule is O=CC(CO)NCC(=O)O. The molecule has 0 aromatic rings. The maximum Gasteiger partial charge on any atom is 0.317 e. The minimum absolute atomic E-state index is 0.316. The molecule has 5 heteroatoms. The first-order valence-electron chi connectivity index (χ1n) is 2.72. The molecule has 0 aliphatic carbocycles. The van der Waals surface area contributed by atoms with E-state index in [4.69, 9.17) is 10.2 Å². The van der Waals surface area contributed by atoms with E-state index >= 15 is 0 Å². The third-order valence-electron chi connectivity index (χ3n) is 0.876. The minimum Gasteiger partial charge on any atom is -0.480 e. The number of carboxylic acids is 1. The maximum atomic E-state index is 9.93. The van der Waals surface area contributed by atoms with Crippen molar-refractivity contribution in [3.8, 4) is 0 Å². The molecule has 0 aliphatic heterocycles. The summed E-state index contributed by atoms with van der Waals surface area (Å²) in [6.07, 6.45) is 0.461. The molecule has 3 N–H and O–H groups in total. The van der Waals surface area contributed by atoms with Gasteiger partial charge in [-0.25, -0.2) is 0 Å². The summed E-state index contributed by atoms with van der Waals surface area (Å²) in [6, 6.07) is -0.768. The standard InChI is InChI=1S/C5H9NO4/c7-2-4(3-8)6-1-5(9)10/h2,4,6,8H,1,3H2,(H,9,10). The van der Waals surface area contributed by atoms with Crippen molar-refractivity contribution in [2.24, 2.45) is 0 Å². The summed E-state index contributed by atoms with van der Waals surface area (Å²) in [5.41, 5.74) is 0. The van der Waals surface area contributed by atoms with E-state index in [2.05, 4.69) is 5.32 Å². The molecule has 0 bridgehead atoms. The van der Waals surface area contributed by atoms with Crippen molar-refractivity contribution in [2.75, 3.05) is 13.2 Å². The third-order valence-corrected chi connectivity index (χ3v) is 0.876. The van der Waals surface area contributed by atoms with Crippen LogP contribution in [0.3, 0.4) is 0 Å². The molecule has 5 nitrogen and oxygen atoms in total. The molecule has 1 atom stereocenters. The lowest BCUT2D eigenvalue weighted by molar-refractivity contribution is -0.136. The van der Waals surface area contributed by atoms with Gasteiger partial charge in [0.1, 0.15) is 6.29 Å². The van der Waals surface area contributed by atoms with Gasteiger partial charge in [-0.2, -0.15) is 0 Å². The summed E-state index contributed by atoms with van der Waals surface area (Å²) >= 11 is 0. The van der Waals surface area contributed by atoms with Crippen LogP contribution < -0.4 is 5.32 Å². The summed E-state index contributed by atoms with van der Waals surface area (Å²) in [4.78, 5) is 19.8. The molecule has 0 aliphatic rings. The molecule has 10 heavy (non-hydrogen) atoms. The van der Waals surface area contributed by atoms with Gasteiger partial charge in [0, 0.05) is 0 Å². The van der Waals surface area contributed by atoms with E-state index in [0.717, 1.165) is 0 Å². The first-order valence-corrected chi connectivity index (χ1v) is 2.72. The van der Waals surface area contributed by atoms with Crippen LogP contribution in [-0.4, -0.2) is 41.7 Å². The number of carboxylic acid groups (broad SMARTS) is 1. The van der Waals surface area contributed by atoms with Crippen molar-refractivity contribution in [1.82, 2.24) is 5.32 Å². The number of nitrogens with one attached hydrogen (secondary N) is 1. The molecule has 0 heterocycles. The topological polar surface area (TPSA) is 86.6 Å². The summed E-state index contributed by atoms with van der Waals surface area (Å²) in [5, 5.41) is 18.7. The molecule has 0 saturated heterocycles. The van der Waals surface area contributed by atoms with Crippen LogP contribution in [0.15, 0.2) is 0 Å². The van der Waals surface area contributed by atoms with Gasteiger partial charge in [0.15, 0.2) is 0 Å². The van der Waals surface area contributed by atoms with Crippen molar-refractivity contribution in [3.63, 3.8) is 0 Å². The van der Waals surface area contributed by atoms with Crippen molar-refractivity contribution >= 4 is 12.3 Å². The highest BCUT2D eigenvalue weighted by Gasteiger charge is 2.05. The van der Waals surface area contributed by atoms with Crippen LogP contribution >= 0.6 is 0 Å². The Bertz CT molecular complexity index is 125. The second kappa shape index (κ2) is 4.89. The normalized spacial score (nSPS) is 12.5. The van der Waals surface area contributed by atoms with Gasteiger partial charge in [0.05, 0.1) is 19.2 Å². The number of hydrogen-bond donors (Lipinski definition) is 3. The first kappa shape index (κ1) is 9.06. The monoisotopic (exact) mass is 147 g/mol. The number of rotatable bonds is 5. The van der Waals surface area contributed by atoms with E-state index in [1.165, 1.54) is 0 Å². The zero-order chi connectivity index (χ0) is 7.98. The number of aldehydes is 1. The lowest BCUT2D eigenvalue weighted by Crippen LogP contribution is -2.37. The molecule has 58 valence electrons. The molecule has 1 unspecified atom stereocenters. The van der Waals surface area contributed by atoms with Crippen molar-refractivity contribution < 1.29 is 19.8 Å². The average molecular weight is 147 g/mol. The minimum atomic E-state index is -1.06. The van der Waals surface area contributed by atoms with E-state index in [1.54, 1.807) is 0 Å². The fourth-order valence-corrected chi connectivity index (χ4v) is 0.374. The van der Waals surface area contributed by atoms with Crippen LogP contribution in [0.4, 0.5) is 0 Å². The quantitative estimate of drug-likeness (QED) is 0.400. The van der Waals surface area contributed by atoms with Gasteiger partial charge in [-0.1, -0.05) is 0 Å². The van der Waals surface area contributed by atoms with Gasteiger partial charge in [0.25, 0.3) is 0 Å². The van der Waals surface area contributed by atoms with Crippen LogP contribution in [0.5, 0.6) is 0 Å². The van der Waals surface area contributed by atoms with Crippen LogP contribution in [0.25, 0.3) is 0 Å². The fraction of sp³-hybridized carbons (Fsp3) is 0.600. The Balaban J connectivity index is 3.44. The highest BCUT2D eigenvalue weighted by atomic mass is 16.4. The number of aliphatic hydroxyl groups is 1. The predicted octanol–water partition coefficient (Wildman–Crippen LogP) is -1.78. The predicted molar refractivity (Wildman–Crippen MR) is 32.6 cm³/mol. The molecule has 0 aromatic carbocycles. The van der Waals surface area contributed by atoms with Crippen LogP contribution in [-0.2, 0) is 9.59 Å². The molecule has 0 rings (SSSR count). The van der Waals surface area contributed by atoms with Gasteiger partial charge in [-0.15, -0.1) is 0 Å². The van der Waals surface area contributed by atoms with Gasteiger partial charge in [0.2, 0.25) is 0 Å². The van der Waals surface area contributed by atoms with E-state index in [0.29, 0.717) is 6.29 Å². The number of carbonyl (C=O) groups excluding carboxylic acids is 1. The highest BCUT2D eigenvalue weighted by Crippen LogP contribution is 1.73. The zero-order valence-corrected chi connectivity index (χ0v) is 5.28.